The van der Waals surface area contributed by atoms with Gasteiger partial charge >= 0.3 is 0 Å². The topological polar surface area (TPSA) is 68.0 Å². The summed E-state index contributed by atoms with van der Waals surface area (Å²) in [5.74, 6) is -1.05. The summed E-state index contributed by atoms with van der Waals surface area (Å²) in [6.45, 7) is 1.58. The largest absolute Gasteiger partial charge is 0.367 e. The number of benzene rings is 1. The van der Waals surface area contributed by atoms with Crippen LogP contribution in [-0.2, 0) is 10.3 Å². The Morgan fingerprint density at radius 3 is 2.78 bits per heavy atom. The number of hydrogen-bond donors (Lipinski definition) is 2. The number of carbonyl (C=O) groups is 1. The van der Waals surface area contributed by atoms with Crippen molar-refractivity contribution in [2.24, 2.45) is 5.73 Å². The zero-order valence-corrected chi connectivity index (χ0v) is 10.5. The van der Waals surface area contributed by atoms with E-state index in [-0.39, 0.29) is 5.69 Å². The van der Waals surface area contributed by atoms with Crippen LogP contribution in [0, 0.1) is 5.82 Å². The average molecular weight is 265 g/mol. The molecule has 94 valence electrons. The smallest absolute Gasteiger partial charge is 0.249 e. The Balaban J connectivity index is 2.39. The molecule has 3 N–H and O–H groups in total. The van der Waals surface area contributed by atoms with E-state index in [4.69, 9.17) is 5.73 Å². The Morgan fingerprint density at radius 1 is 1.50 bits per heavy atom. The molecule has 0 bridgehead atoms. The molecule has 0 aliphatic heterocycles. The highest BCUT2D eigenvalue weighted by molar-refractivity contribution is 7.09. The van der Waals surface area contributed by atoms with E-state index in [1.54, 1.807) is 36.7 Å². The van der Waals surface area contributed by atoms with Crippen molar-refractivity contribution in [2.75, 3.05) is 5.32 Å². The molecule has 1 aromatic heterocycles. The number of hydrogen-bond acceptors (Lipinski definition) is 4. The van der Waals surface area contributed by atoms with Crippen LogP contribution in [0.4, 0.5) is 10.1 Å². The van der Waals surface area contributed by atoms with Crippen molar-refractivity contribution in [3.05, 3.63) is 46.7 Å². The Kier molecular flexibility index (Phi) is 3.29. The maximum absolute atomic E-state index is 13.6. The van der Waals surface area contributed by atoms with E-state index in [9.17, 15) is 9.18 Å². The number of nitrogens with two attached hydrogens (primary N) is 1. The van der Waals surface area contributed by atoms with Gasteiger partial charge in [-0.1, -0.05) is 12.1 Å². The lowest BCUT2D eigenvalue weighted by molar-refractivity contribution is -0.122. The van der Waals surface area contributed by atoms with E-state index in [1.807, 2.05) is 0 Å². The zero-order chi connectivity index (χ0) is 13.2. The fourth-order valence-corrected chi connectivity index (χ4v) is 2.28. The third-order valence-corrected chi connectivity index (χ3v) is 3.61. The highest BCUT2D eigenvalue weighted by Gasteiger charge is 2.36. The van der Waals surface area contributed by atoms with Crippen LogP contribution in [0.15, 0.2) is 35.8 Å². The second-order valence-corrected chi connectivity index (χ2v) is 4.83. The van der Waals surface area contributed by atoms with Gasteiger partial charge in [0.15, 0.2) is 5.54 Å². The number of halogens is 1. The summed E-state index contributed by atoms with van der Waals surface area (Å²) >= 11 is 1.29. The molecule has 4 nitrogen and oxygen atoms in total. The molecule has 1 unspecified atom stereocenters. The first kappa shape index (κ1) is 12.5. The number of para-hydroxylation sites is 1. The molecule has 0 saturated carbocycles. The van der Waals surface area contributed by atoms with E-state index in [0.717, 1.165) is 0 Å². The molecule has 0 fully saturated rings. The highest BCUT2D eigenvalue weighted by atomic mass is 32.1. The lowest BCUT2D eigenvalue weighted by atomic mass is 10.0. The molecule has 6 heteroatoms. The summed E-state index contributed by atoms with van der Waals surface area (Å²) in [5.41, 5.74) is 4.39. The lowest BCUT2D eigenvalue weighted by Crippen LogP contribution is -2.45. The van der Waals surface area contributed by atoms with Gasteiger partial charge < -0.3 is 11.1 Å². The highest BCUT2D eigenvalue weighted by Crippen LogP contribution is 2.28. The van der Waals surface area contributed by atoms with E-state index in [2.05, 4.69) is 10.3 Å². The first-order valence-corrected chi connectivity index (χ1v) is 6.14. The van der Waals surface area contributed by atoms with Gasteiger partial charge in [-0.05, 0) is 19.1 Å². The van der Waals surface area contributed by atoms with Crippen molar-refractivity contribution in [2.45, 2.75) is 12.5 Å². The van der Waals surface area contributed by atoms with Crippen molar-refractivity contribution in [3.8, 4) is 0 Å². The first-order valence-electron chi connectivity index (χ1n) is 5.26. The minimum atomic E-state index is -1.23. The third-order valence-electron chi connectivity index (χ3n) is 2.61. The van der Waals surface area contributed by atoms with Crippen molar-refractivity contribution in [3.63, 3.8) is 0 Å². The lowest BCUT2D eigenvalue weighted by Gasteiger charge is -2.26. The normalized spacial score (nSPS) is 13.9. The molecule has 0 aliphatic carbocycles. The molecule has 1 amide bonds. The Morgan fingerprint density at radius 2 is 2.22 bits per heavy atom. The van der Waals surface area contributed by atoms with Gasteiger partial charge in [0.05, 0.1) is 5.69 Å². The van der Waals surface area contributed by atoms with Crippen LogP contribution in [0.25, 0.3) is 0 Å². The SMILES string of the molecule is CC(Nc1ccccc1F)(C(N)=O)c1nccs1. The number of rotatable bonds is 4. The molecule has 18 heavy (non-hydrogen) atoms. The fourth-order valence-electron chi connectivity index (χ4n) is 1.52. The van der Waals surface area contributed by atoms with Crippen molar-refractivity contribution < 1.29 is 9.18 Å². The van der Waals surface area contributed by atoms with Crippen LogP contribution >= 0.6 is 11.3 Å². The number of anilines is 1. The number of amides is 1. The summed E-state index contributed by atoms with van der Waals surface area (Å²) in [6.07, 6.45) is 1.57. The van der Waals surface area contributed by atoms with Crippen LogP contribution in [0.3, 0.4) is 0 Å². The molecule has 1 atom stereocenters. The van der Waals surface area contributed by atoms with Gasteiger partial charge in [0, 0.05) is 11.6 Å². The maximum atomic E-state index is 13.6. The van der Waals surface area contributed by atoms with Crippen LogP contribution in [0.2, 0.25) is 0 Å². The molecular formula is C12H12FN3OS. The van der Waals surface area contributed by atoms with E-state index in [0.29, 0.717) is 5.01 Å². The van der Waals surface area contributed by atoms with E-state index >= 15 is 0 Å². The summed E-state index contributed by atoms with van der Waals surface area (Å²) < 4.78 is 13.6. The van der Waals surface area contributed by atoms with Crippen LogP contribution in [0.1, 0.15) is 11.9 Å². The Hall–Kier alpha value is -1.95. The van der Waals surface area contributed by atoms with Crippen molar-refractivity contribution in [1.29, 1.82) is 0 Å². The molecule has 0 aliphatic rings. The van der Waals surface area contributed by atoms with Crippen molar-refractivity contribution in [1.82, 2.24) is 4.98 Å². The fraction of sp³-hybridized carbons (Fsp3) is 0.167. The van der Waals surface area contributed by atoms with Gasteiger partial charge in [0.25, 0.3) is 0 Å². The second kappa shape index (κ2) is 4.73. The summed E-state index contributed by atoms with van der Waals surface area (Å²) in [4.78, 5) is 15.7. The maximum Gasteiger partial charge on any atom is 0.249 e. The average Bonchev–Trinajstić information content (AvgIpc) is 2.86. The number of carbonyl (C=O) groups excluding carboxylic acids is 1. The van der Waals surface area contributed by atoms with Crippen LogP contribution < -0.4 is 11.1 Å². The van der Waals surface area contributed by atoms with Crippen molar-refractivity contribution >= 4 is 22.9 Å². The minimum absolute atomic E-state index is 0.217. The quantitative estimate of drug-likeness (QED) is 0.889. The summed E-state index contributed by atoms with van der Waals surface area (Å²) in [6, 6.07) is 6.11. The Labute approximate surface area is 108 Å². The van der Waals surface area contributed by atoms with E-state index in [1.165, 1.54) is 17.4 Å². The third kappa shape index (κ3) is 2.19. The molecule has 0 radical (unpaired) electrons. The van der Waals surface area contributed by atoms with Gasteiger partial charge in [0.1, 0.15) is 10.8 Å². The number of nitrogens with zero attached hydrogens (tertiary/aromatic N) is 1. The van der Waals surface area contributed by atoms with Gasteiger partial charge in [-0.25, -0.2) is 9.37 Å². The standard InChI is InChI=1S/C12H12FN3OS/c1-12(10(14)17,11-15-6-7-18-11)16-9-5-3-2-4-8(9)13/h2-7,16H,1H3,(H2,14,17). The van der Waals surface area contributed by atoms with Crippen LogP contribution in [0.5, 0.6) is 0 Å². The number of thiazole rings is 1. The molecule has 2 rings (SSSR count). The molecular weight excluding hydrogens is 253 g/mol. The second-order valence-electron chi connectivity index (χ2n) is 3.93. The molecule has 1 heterocycles. The monoisotopic (exact) mass is 265 g/mol. The molecule has 0 saturated heterocycles. The molecule has 0 spiro atoms. The predicted molar refractivity (Wildman–Crippen MR) is 68.7 cm³/mol. The van der Waals surface area contributed by atoms with Crippen LogP contribution in [-0.4, -0.2) is 10.9 Å². The summed E-state index contributed by atoms with van der Waals surface area (Å²) in [5, 5.41) is 5.06. The Bertz CT molecular complexity index is 558. The summed E-state index contributed by atoms with van der Waals surface area (Å²) in [7, 11) is 0. The van der Waals surface area contributed by atoms with Gasteiger partial charge in [-0.2, -0.15) is 0 Å². The van der Waals surface area contributed by atoms with E-state index < -0.39 is 17.3 Å². The number of aromatic nitrogens is 1. The number of nitrogens with one attached hydrogen (secondary N) is 1. The molecule has 2 aromatic rings. The number of primary amides is 1. The van der Waals surface area contributed by atoms with Gasteiger partial charge in [-0.3, -0.25) is 4.79 Å². The minimum Gasteiger partial charge on any atom is -0.367 e. The first-order chi connectivity index (χ1) is 8.54. The van der Waals surface area contributed by atoms with Gasteiger partial charge in [-0.15, -0.1) is 11.3 Å². The van der Waals surface area contributed by atoms with Gasteiger partial charge in [0.2, 0.25) is 5.91 Å². The predicted octanol–water partition coefficient (Wildman–Crippen LogP) is 2.09. The molecule has 1 aromatic carbocycles. The zero-order valence-electron chi connectivity index (χ0n) is 9.68.